The summed E-state index contributed by atoms with van der Waals surface area (Å²) in [4.78, 5) is 8.53. The molecule has 4 heteroatoms. The predicted molar refractivity (Wildman–Crippen MR) is 65.0 cm³/mol. The highest BCUT2D eigenvalue weighted by Crippen LogP contribution is 2.24. The summed E-state index contributed by atoms with van der Waals surface area (Å²) in [6, 6.07) is 0.587. The summed E-state index contributed by atoms with van der Waals surface area (Å²) in [5.74, 6) is 1.76. The second-order valence-corrected chi connectivity index (χ2v) is 4.95. The molecular weight excluding hydrogens is 254 g/mol. The molecule has 0 bridgehead atoms. The molecule has 1 fully saturated rings. The number of aryl methyl sites for hydroxylation is 1. The first-order valence-corrected chi connectivity index (χ1v) is 6.30. The summed E-state index contributed by atoms with van der Waals surface area (Å²) in [5.41, 5.74) is 0. The highest BCUT2D eigenvalue weighted by molar-refractivity contribution is 9.10. The molecule has 1 aromatic rings. The van der Waals surface area contributed by atoms with E-state index in [1.807, 2.05) is 13.1 Å². The number of rotatable bonds is 2. The van der Waals surface area contributed by atoms with Crippen molar-refractivity contribution in [1.82, 2.24) is 9.97 Å². The van der Waals surface area contributed by atoms with E-state index in [2.05, 4.69) is 31.2 Å². The maximum atomic E-state index is 4.40. The van der Waals surface area contributed by atoms with Crippen LogP contribution >= 0.6 is 15.9 Å². The first-order chi connectivity index (χ1) is 7.25. The molecule has 0 radical (unpaired) electrons. The number of nitrogens with one attached hydrogen (secondary N) is 1. The van der Waals surface area contributed by atoms with Gasteiger partial charge in [-0.25, -0.2) is 9.97 Å². The number of halogens is 1. The largest absolute Gasteiger partial charge is 0.366 e. The van der Waals surface area contributed by atoms with Crippen molar-refractivity contribution in [2.75, 3.05) is 5.32 Å². The van der Waals surface area contributed by atoms with Gasteiger partial charge >= 0.3 is 0 Å². The highest BCUT2D eigenvalue weighted by Gasteiger charge is 2.14. The van der Waals surface area contributed by atoms with E-state index in [1.54, 1.807) is 0 Å². The van der Waals surface area contributed by atoms with Crippen LogP contribution in [0.3, 0.4) is 0 Å². The monoisotopic (exact) mass is 269 g/mol. The third-order valence-electron chi connectivity index (χ3n) is 2.81. The molecule has 15 heavy (non-hydrogen) atoms. The van der Waals surface area contributed by atoms with Crippen LogP contribution in [0.25, 0.3) is 0 Å². The lowest BCUT2D eigenvalue weighted by Gasteiger charge is -2.23. The number of anilines is 1. The van der Waals surface area contributed by atoms with Crippen LogP contribution in [0.1, 0.15) is 37.9 Å². The Labute approximate surface area is 98.8 Å². The summed E-state index contributed by atoms with van der Waals surface area (Å²) in [7, 11) is 0. The first kappa shape index (κ1) is 10.9. The van der Waals surface area contributed by atoms with Crippen LogP contribution in [0.5, 0.6) is 0 Å². The van der Waals surface area contributed by atoms with E-state index < -0.39 is 0 Å². The quantitative estimate of drug-likeness (QED) is 0.896. The van der Waals surface area contributed by atoms with Gasteiger partial charge < -0.3 is 5.32 Å². The van der Waals surface area contributed by atoms with E-state index in [0.717, 1.165) is 16.1 Å². The van der Waals surface area contributed by atoms with E-state index in [0.29, 0.717) is 6.04 Å². The molecule has 1 N–H and O–H groups in total. The molecule has 0 saturated heterocycles. The molecule has 2 rings (SSSR count). The fraction of sp³-hybridized carbons (Fsp3) is 0.636. The summed E-state index contributed by atoms with van der Waals surface area (Å²) < 4.78 is 0.957. The Morgan fingerprint density at radius 1 is 1.33 bits per heavy atom. The Morgan fingerprint density at radius 2 is 2.07 bits per heavy atom. The van der Waals surface area contributed by atoms with Crippen LogP contribution in [-0.4, -0.2) is 16.0 Å². The summed E-state index contributed by atoms with van der Waals surface area (Å²) >= 11 is 3.47. The standard InChI is InChI=1S/C11H16BrN3/c1-8-13-7-10(12)11(14-8)15-9-5-3-2-4-6-9/h7,9H,2-6H2,1H3,(H,13,14,15). The Balaban J connectivity index is 2.05. The van der Waals surface area contributed by atoms with Crippen LogP contribution in [0.2, 0.25) is 0 Å². The van der Waals surface area contributed by atoms with Gasteiger partial charge in [-0.05, 0) is 35.7 Å². The lowest BCUT2D eigenvalue weighted by Crippen LogP contribution is -2.23. The van der Waals surface area contributed by atoms with E-state index in [1.165, 1.54) is 32.1 Å². The van der Waals surface area contributed by atoms with Crippen molar-refractivity contribution in [1.29, 1.82) is 0 Å². The number of nitrogens with zero attached hydrogens (tertiary/aromatic N) is 2. The fourth-order valence-electron chi connectivity index (χ4n) is 2.00. The number of hydrogen-bond donors (Lipinski definition) is 1. The molecule has 3 nitrogen and oxygen atoms in total. The van der Waals surface area contributed by atoms with Crippen LogP contribution in [-0.2, 0) is 0 Å². The second kappa shape index (κ2) is 4.92. The SMILES string of the molecule is Cc1ncc(Br)c(NC2CCCCC2)n1. The van der Waals surface area contributed by atoms with Crippen molar-refractivity contribution >= 4 is 21.7 Å². The van der Waals surface area contributed by atoms with Gasteiger partial charge in [0.05, 0.1) is 4.47 Å². The van der Waals surface area contributed by atoms with Crippen molar-refractivity contribution in [3.63, 3.8) is 0 Å². The molecule has 0 unspecified atom stereocenters. The lowest BCUT2D eigenvalue weighted by molar-refractivity contribution is 0.461. The van der Waals surface area contributed by atoms with Gasteiger partial charge in [0.1, 0.15) is 11.6 Å². The van der Waals surface area contributed by atoms with Gasteiger partial charge in [-0.3, -0.25) is 0 Å². The normalized spacial score (nSPS) is 17.7. The molecule has 82 valence electrons. The molecule has 0 spiro atoms. The van der Waals surface area contributed by atoms with Gasteiger partial charge in [-0.2, -0.15) is 0 Å². The van der Waals surface area contributed by atoms with Crippen LogP contribution < -0.4 is 5.32 Å². The molecule has 1 aromatic heterocycles. The zero-order valence-electron chi connectivity index (χ0n) is 8.96. The molecular formula is C11H16BrN3. The van der Waals surface area contributed by atoms with E-state index >= 15 is 0 Å². The molecule has 0 atom stereocenters. The highest BCUT2D eigenvalue weighted by atomic mass is 79.9. The second-order valence-electron chi connectivity index (χ2n) is 4.09. The molecule has 1 heterocycles. The average Bonchev–Trinajstić information content (AvgIpc) is 2.25. The Morgan fingerprint density at radius 3 is 2.80 bits per heavy atom. The van der Waals surface area contributed by atoms with Crippen LogP contribution in [0.4, 0.5) is 5.82 Å². The van der Waals surface area contributed by atoms with Gasteiger partial charge in [-0.15, -0.1) is 0 Å². The summed E-state index contributed by atoms with van der Waals surface area (Å²) in [6.07, 6.45) is 8.37. The molecule has 1 saturated carbocycles. The van der Waals surface area contributed by atoms with E-state index in [-0.39, 0.29) is 0 Å². The Kier molecular flexibility index (Phi) is 3.57. The minimum atomic E-state index is 0.587. The molecule has 1 aliphatic carbocycles. The summed E-state index contributed by atoms with van der Waals surface area (Å²) in [5, 5.41) is 3.49. The minimum absolute atomic E-state index is 0.587. The molecule has 0 amide bonds. The number of aromatic nitrogens is 2. The lowest BCUT2D eigenvalue weighted by atomic mass is 9.95. The zero-order valence-corrected chi connectivity index (χ0v) is 10.5. The van der Waals surface area contributed by atoms with Crippen LogP contribution in [0, 0.1) is 6.92 Å². The van der Waals surface area contributed by atoms with E-state index in [4.69, 9.17) is 0 Å². The zero-order chi connectivity index (χ0) is 10.7. The van der Waals surface area contributed by atoms with Crippen molar-refractivity contribution < 1.29 is 0 Å². The van der Waals surface area contributed by atoms with Gasteiger partial charge in [-0.1, -0.05) is 19.3 Å². The smallest absolute Gasteiger partial charge is 0.144 e. The van der Waals surface area contributed by atoms with Gasteiger partial charge in [0.15, 0.2) is 0 Å². The Hall–Kier alpha value is -0.640. The first-order valence-electron chi connectivity index (χ1n) is 5.51. The molecule has 0 aromatic carbocycles. The third kappa shape index (κ3) is 2.91. The summed E-state index contributed by atoms with van der Waals surface area (Å²) in [6.45, 7) is 1.92. The fourth-order valence-corrected chi connectivity index (χ4v) is 2.30. The van der Waals surface area contributed by atoms with Crippen molar-refractivity contribution in [3.8, 4) is 0 Å². The average molecular weight is 270 g/mol. The maximum Gasteiger partial charge on any atom is 0.144 e. The Bertz CT molecular complexity index is 335. The maximum absolute atomic E-state index is 4.40. The van der Waals surface area contributed by atoms with Crippen LogP contribution in [0.15, 0.2) is 10.7 Å². The van der Waals surface area contributed by atoms with Crippen molar-refractivity contribution in [3.05, 3.63) is 16.5 Å². The van der Waals surface area contributed by atoms with Crippen molar-refractivity contribution in [2.45, 2.75) is 45.1 Å². The molecule has 1 aliphatic rings. The number of hydrogen-bond acceptors (Lipinski definition) is 3. The van der Waals surface area contributed by atoms with Gasteiger partial charge in [0.2, 0.25) is 0 Å². The predicted octanol–water partition coefficient (Wildman–Crippen LogP) is 3.29. The minimum Gasteiger partial charge on any atom is -0.366 e. The van der Waals surface area contributed by atoms with Gasteiger partial charge in [0.25, 0.3) is 0 Å². The topological polar surface area (TPSA) is 37.8 Å². The third-order valence-corrected chi connectivity index (χ3v) is 3.39. The van der Waals surface area contributed by atoms with Crippen molar-refractivity contribution in [2.24, 2.45) is 0 Å². The molecule has 0 aliphatic heterocycles. The van der Waals surface area contributed by atoms with E-state index in [9.17, 15) is 0 Å². The van der Waals surface area contributed by atoms with Gasteiger partial charge in [0, 0.05) is 12.2 Å².